The van der Waals surface area contributed by atoms with Crippen LogP contribution in [0.4, 0.5) is 0 Å². The van der Waals surface area contributed by atoms with Crippen LogP contribution in [-0.4, -0.2) is 8.76 Å². The predicted octanol–water partition coefficient (Wildman–Crippen LogP) is 9.26. The van der Waals surface area contributed by atoms with Crippen LogP contribution in [0.15, 0.2) is 102 Å². The zero-order chi connectivity index (χ0) is 27.3. The van der Waals surface area contributed by atoms with Crippen molar-refractivity contribution in [1.29, 1.82) is 0 Å². The molecule has 0 aliphatic carbocycles. The number of ether oxygens (including phenoxy) is 2. The summed E-state index contributed by atoms with van der Waals surface area (Å²) in [6.07, 6.45) is 2.22. The third-order valence-corrected chi connectivity index (χ3v) is 8.44. The van der Waals surface area contributed by atoms with Gasteiger partial charge in [0.25, 0.3) is 0 Å². The molecule has 0 spiro atoms. The van der Waals surface area contributed by atoms with Gasteiger partial charge in [0, 0.05) is 5.41 Å². The van der Waals surface area contributed by atoms with Crippen LogP contribution in [0.3, 0.4) is 0 Å². The van der Waals surface area contributed by atoms with Gasteiger partial charge in [-0.1, -0.05) is 71.0 Å². The maximum Gasteiger partial charge on any atom is 0.186 e. The van der Waals surface area contributed by atoms with Gasteiger partial charge in [-0.25, -0.2) is 4.21 Å². The Kier molecular flexibility index (Phi) is 8.39. The molecule has 5 heteroatoms. The van der Waals surface area contributed by atoms with Crippen LogP contribution in [0.5, 0.6) is 23.0 Å². The first-order valence-electron chi connectivity index (χ1n) is 13.0. The number of hydrogen-bond acceptors (Lipinski definition) is 3. The Bertz CT molecular complexity index is 1350. The van der Waals surface area contributed by atoms with Gasteiger partial charge in [0.2, 0.25) is 0 Å². The number of benzene rings is 4. The minimum Gasteiger partial charge on any atom is -0.457 e. The van der Waals surface area contributed by atoms with E-state index >= 15 is 0 Å². The van der Waals surface area contributed by atoms with Gasteiger partial charge in [-0.3, -0.25) is 0 Å². The molecule has 0 radical (unpaired) electrons. The molecule has 198 valence electrons. The molecular weight excluding hydrogens is 492 g/mol. The first kappa shape index (κ1) is 27.6. The second kappa shape index (κ2) is 11.5. The Labute approximate surface area is 228 Å². The second-order valence-corrected chi connectivity index (χ2v) is 11.4. The highest BCUT2D eigenvalue weighted by molar-refractivity contribution is 7.79. The summed E-state index contributed by atoms with van der Waals surface area (Å²) in [4.78, 5) is 0.343. The van der Waals surface area contributed by atoms with Crippen molar-refractivity contribution in [2.75, 3.05) is 0 Å². The van der Waals surface area contributed by atoms with E-state index in [1.807, 2.05) is 24.3 Å². The van der Waals surface area contributed by atoms with Gasteiger partial charge in [-0.2, -0.15) is 0 Å². The molecule has 1 N–H and O–H groups in total. The maximum atomic E-state index is 11.1. The quantitative estimate of drug-likeness (QED) is 0.208. The molecule has 0 heterocycles. The largest absolute Gasteiger partial charge is 0.457 e. The molecule has 0 saturated carbocycles. The summed E-state index contributed by atoms with van der Waals surface area (Å²) in [5.41, 5.74) is 3.68. The van der Waals surface area contributed by atoms with Crippen molar-refractivity contribution in [2.24, 2.45) is 0 Å². The Morgan fingerprint density at radius 2 is 0.895 bits per heavy atom. The molecule has 4 nitrogen and oxygen atoms in total. The van der Waals surface area contributed by atoms with Crippen LogP contribution in [0.2, 0.25) is 0 Å². The van der Waals surface area contributed by atoms with E-state index < -0.39 is 11.1 Å². The standard InChI is InChI=1S/C33H36O4S/c1-6-33(5,7-2)26-12-18-29(19-13-26)36-27-14-8-24(9-15-27)32(3,4)25-10-16-28(17-11-25)37-30-20-22-31(23-21-30)38(34)35/h8-23H,6-7H2,1-5H3,(H,34,35). The number of hydrogen-bond donors (Lipinski definition) is 1. The fourth-order valence-electron chi connectivity index (χ4n) is 4.53. The molecule has 0 aromatic heterocycles. The molecule has 0 bridgehead atoms. The van der Waals surface area contributed by atoms with Gasteiger partial charge in [0.1, 0.15) is 23.0 Å². The monoisotopic (exact) mass is 528 g/mol. The summed E-state index contributed by atoms with van der Waals surface area (Å²) in [6.45, 7) is 11.2. The van der Waals surface area contributed by atoms with Crippen molar-refractivity contribution < 1.29 is 18.2 Å². The third kappa shape index (κ3) is 6.17. The van der Waals surface area contributed by atoms with Crippen LogP contribution >= 0.6 is 0 Å². The fraction of sp³-hybridized carbons (Fsp3) is 0.273. The minimum atomic E-state index is -2.00. The Hall–Kier alpha value is -3.41. The van der Waals surface area contributed by atoms with E-state index in [1.54, 1.807) is 24.3 Å². The van der Waals surface area contributed by atoms with E-state index in [9.17, 15) is 4.21 Å². The van der Waals surface area contributed by atoms with Gasteiger partial charge in [0.05, 0.1) is 4.90 Å². The van der Waals surface area contributed by atoms with Crippen LogP contribution in [-0.2, 0) is 21.9 Å². The van der Waals surface area contributed by atoms with Crippen LogP contribution < -0.4 is 9.47 Å². The van der Waals surface area contributed by atoms with Gasteiger partial charge < -0.3 is 14.0 Å². The lowest BCUT2D eigenvalue weighted by atomic mass is 9.78. The maximum absolute atomic E-state index is 11.1. The van der Waals surface area contributed by atoms with Crippen molar-refractivity contribution in [3.05, 3.63) is 114 Å². The highest BCUT2D eigenvalue weighted by Crippen LogP contribution is 2.36. The van der Waals surface area contributed by atoms with Crippen LogP contribution in [0.25, 0.3) is 0 Å². The van der Waals surface area contributed by atoms with Gasteiger partial charge in [-0.15, -0.1) is 0 Å². The zero-order valence-corrected chi connectivity index (χ0v) is 23.5. The Morgan fingerprint density at radius 3 is 1.21 bits per heavy atom. The lowest BCUT2D eigenvalue weighted by Gasteiger charge is -2.27. The predicted molar refractivity (Wildman–Crippen MR) is 155 cm³/mol. The van der Waals surface area contributed by atoms with Crippen LogP contribution in [0.1, 0.15) is 64.2 Å². The Balaban J connectivity index is 1.42. The lowest BCUT2D eigenvalue weighted by molar-refractivity contribution is 0.436. The van der Waals surface area contributed by atoms with E-state index in [2.05, 4.69) is 83.1 Å². The van der Waals surface area contributed by atoms with Crippen molar-refractivity contribution in [3.8, 4) is 23.0 Å². The van der Waals surface area contributed by atoms with Crippen molar-refractivity contribution in [3.63, 3.8) is 0 Å². The SMILES string of the molecule is CCC(C)(CC)c1ccc(Oc2ccc(C(C)(C)c3ccc(Oc4ccc(S(=O)O)cc4)cc3)cc2)cc1. The minimum absolute atomic E-state index is 0.199. The van der Waals surface area contributed by atoms with Gasteiger partial charge in [-0.05, 0) is 95.6 Å². The van der Waals surface area contributed by atoms with Crippen molar-refractivity contribution in [1.82, 2.24) is 0 Å². The molecule has 38 heavy (non-hydrogen) atoms. The van der Waals surface area contributed by atoms with E-state index in [0.717, 1.165) is 29.9 Å². The summed E-state index contributed by atoms with van der Waals surface area (Å²) in [5.74, 6) is 2.97. The first-order chi connectivity index (χ1) is 18.1. The summed E-state index contributed by atoms with van der Waals surface area (Å²) in [6, 6.07) is 31.3. The summed E-state index contributed by atoms with van der Waals surface area (Å²) in [5, 5.41) is 0. The van der Waals surface area contributed by atoms with Gasteiger partial charge in [0.15, 0.2) is 11.1 Å². The summed E-state index contributed by atoms with van der Waals surface area (Å²) < 4.78 is 32.3. The molecule has 0 saturated heterocycles. The highest BCUT2D eigenvalue weighted by Gasteiger charge is 2.24. The molecule has 1 atom stereocenters. The third-order valence-electron chi connectivity index (χ3n) is 7.76. The molecule has 4 aromatic rings. The average Bonchev–Trinajstić information content (AvgIpc) is 2.94. The van der Waals surface area contributed by atoms with Gasteiger partial charge >= 0.3 is 0 Å². The molecule has 4 rings (SSSR count). The molecule has 4 aromatic carbocycles. The highest BCUT2D eigenvalue weighted by atomic mass is 32.2. The summed E-state index contributed by atoms with van der Waals surface area (Å²) in [7, 11) is 0. The lowest BCUT2D eigenvalue weighted by Crippen LogP contribution is -2.19. The molecular formula is C33H36O4S. The molecule has 1 unspecified atom stereocenters. The van der Waals surface area contributed by atoms with Crippen molar-refractivity contribution in [2.45, 2.75) is 63.2 Å². The molecule has 0 aliphatic rings. The average molecular weight is 529 g/mol. The normalized spacial score (nSPS) is 12.7. The van der Waals surface area contributed by atoms with E-state index in [0.29, 0.717) is 16.4 Å². The summed E-state index contributed by atoms with van der Waals surface area (Å²) >= 11 is -2.00. The molecule has 0 aliphatic heterocycles. The van der Waals surface area contributed by atoms with E-state index in [1.165, 1.54) is 11.1 Å². The zero-order valence-electron chi connectivity index (χ0n) is 22.7. The first-order valence-corrected chi connectivity index (χ1v) is 14.1. The fourth-order valence-corrected chi connectivity index (χ4v) is 4.89. The van der Waals surface area contributed by atoms with Crippen molar-refractivity contribution >= 4 is 11.1 Å². The Morgan fingerprint density at radius 1 is 0.579 bits per heavy atom. The van der Waals surface area contributed by atoms with E-state index in [-0.39, 0.29) is 10.8 Å². The van der Waals surface area contributed by atoms with Crippen LogP contribution in [0, 0.1) is 0 Å². The molecule has 0 fully saturated rings. The molecule has 0 amide bonds. The second-order valence-electron chi connectivity index (χ2n) is 10.4. The number of rotatable bonds is 10. The smallest absolute Gasteiger partial charge is 0.186 e. The van der Waals surface area contributed by atoms with E-state index in [4.69, 9.17) is 14.0 Å². The topological polar surface area (TPSA) is 55.8 Å².